The van der Waals surface area contributed by atoms with Crippen LogP contribution in [0.5, 0.6) is 0 Å². The van der Waals surface area contributed by atoms with Crippen molar-refractivity contribution in [1.82, 2.24) is 9.97 Å². The van der Waals surface area contributed by atoms with Crippen molar-refractivity contribution >= 4 is 11.7 Å². The molecule has 0 aliphatic heterocycles. The number of carboxylic acids is 1. The predicted molar refractivity (Wildman–Crippen MR) is 75.3 cm³/mol. The Balaban J connectivity index is 2.65. The second-order valence-corrected chi connectivity index (χ2v) is 4.65. The zero-order valence-corrected chi connectivity index (χ0v) is 11.7. The third-order valence-corrected chi connectivity index (χ3v) is 3.16. The minimum Gasteiger partial charge on any atom is -0.478 e. The van der Waals surface area contributed by atoms with E-state index in [2.05, 4.69) is 9.97 Å². The van der Waals surface area contributed by atoms with Crippen molar-refractivity contribution in [2.75, 3.05) is 0 Å². The van der Waals surface area contributed by atoms with Crippen molar-refractivity contribution in [3.8, 4) is 11.4 Å². The second-order valence-electron chi connectivity index (χ2n) is 4.65. The molecule has 1 heterocycles. The molecule has 108 valence electrons. The third-order valence-electron chi connectivity index (χ3n) is 3.16. The average molecular weight is 287 g/mol. The Morgan fingerprint density at radius 2 is 1.76 bits per heavy atom. The van der Waals surface area contributed by atoms with Crippen LogP contribution >= 0.6 is 0 Å². The Bertz CT molecular complexity index is 733. The van der Waals surface area contributed by atoms with Crippen LogP contribution in [-0.2, 0) is 0 Å². The van der Waals surface area contributed by atoms with Gasteiger partial charge in [0.25, 0.3) is 5.69 Å². The van der Waals surface area contributed by atoms with Gasteiger partial charge in [-0.1, -0.05) is 6.07 Å². The Kier molecular flexibility index (Phi) is 3.66. The van der Waals surface area contributed by atoms with Gasteiger partial charge in [0.1, 0.15) is 5.56 Å². The lowest BCUT2D eigenvalue weighted by Gasteiger charge is -2.09. The standard InChI is InChI=1S/C14H13N3O4/c1-7-4-5-10(17(20)21)6-11(7)13-15-8(2)12(14(18)19)9(3)16-13/h4-6H,1-3H3,(H,18,19). The number of benzene rings is 1. The van der Waals surface area contributed by atoms with Crippen LogP contribution in [0.15, 0.2) is 18.2 Å². The Morgan fingerprint density at radius 3 is 2.24 bits per heavy atom. The number of carbonyl (C=O) groups is 1. The van der Waals surface area contributed by atoms with Gasteiger partial charge in [-0.25, -0.2) is 14.8 Å². The lowest BCUT2D eigenvalue weighted by molar-refractivity contribution is -0.384. The van der Waals surface area contributed by atoms with Gasteiger partial charge in [-0.3, -0.25) is 10.1 Å². The van der Waals surface area contributed by atoms with E-state index >= 15 is 0 Å². The van der Waals surface area contributed by atoms with E-state index in [1.165, 1.54) is 12.1 Å². The summed E-state index contributed by atoms with van der Waals surface area (Å²) in [7, 11) is 0. The lowest BCUT2D eigenvalue weighted by atomic mass is 10.1. The Labute approximate surface area is 120 Å². The summed E-state index contributed by atoms with van der Waals surface area (Å²) in [6, 6.07) is 4.42. The van der Waals surface area contributed by atoms with E-state index in [0.717, 1.165) is 5.56 Å². The van der Waals surface area contributed by atoms with E-state index in [-0.39, 0.29) is 17.1 Å². The maximum absolute atomic E-state index is 11.1. The summed E-state index contributed by atoms with van der Waals surface area (Å²) < 4.78 is 0. The molecule has 0 atom stereocenters. The maximum atomic E-state index is 11.1. The van der Waals surface area contributed by atoms with Gasteiger partial charge < -0.3 is 5.11 Å². The average Bonchev–Trinajstić information content (AvgIpc) is 2.37. The van der Waals surface area contributed by atoms with Gasteiger partial charge in [-0.15, -0.1) is 0 Å². The zero-order chi connectivity index (χ0) is 15.7. The number of rotatable bonds is 3. The molecule has 7 heteroatoms. The van der Waals surface area contributed by atoms with Crippen molar-refractivity contribution in [2.24, 2.45) is 0 Å². The molecule has 1 aromatic heterocycles. The number of hydrogen-bond donors (Lipinski definition) is 1. The van der Waals surface area contributed by atoms with Gasteiger partial charge in [-0.05, 0) is 26.3 Å². The summed E-state index contributed by atoms with van der Waals surface area (Å²) in [5.74, 6) is -0.802. The largest absolute Gasteiger partial charge is 0.478 e. The molecule has 0 aliphatic carbocycles. The fourth-order valence-electron chi connectivity index (χ4n) is 2.11. The van der Waals surface area contributed by atoms with E-state index < -0.39 is 10.9 Å². The molecule has 0 spiro atoms. The van der Waals surface area contributed by atoms with Crippen LogP contribution in [0.4, 0.5) is 5.69 Å². The van der Waals surface area contributed by atoms with Crippen molar-refractivity contribution < 1.29 is 14.8 Å². The Hall–Kier alpha value is -2.83. The summed E-state index contributed by atoms with van der Waals surface area (Å²) in [5.41, 5.74) is 1.96. The highest BCUT2D eigenvalue weighted by atomic mass is 16.6. The van der Waals surface area contributed by atoms with E-state index in [4.69, 9.17) is 5.11 Å². The van der Waals surface area contributed by atoms with Gasteiger partial charge in [0.15, 0.2) is 5.82 Å². The normalized spacial score (nSPS) is 10.4. The van der Waals surface area contributed by atoms with Crippen molar-refractivity contribution in [3.63, 3.8) is 0 Å². The first-order valence-corrected chi connectivity index (χ1v) is 6.15. The molecule has 0 amide bonds. The van der Waals surface area contributed by atoms with Crippen molar-refractivity contribution in [3.05, 3.63) is 50.8 Å². The van der Waals surface area contributed by atoms with Gasteiger partial charge in [0, 0.05) is 17.7 Å². The molecule has 0 bridgehead atoms. The van der Waals surface area contributed by atoms with Gasteiger partial charge in [0.05, 0.1) is 16.3 Å². The summed E-state index contributed by atoms with van der Waals surface area (Å²) in [5, 5.41) is 20.0. The van der Waals surface area contributed by atoms with E-state index in [0.29, 0.717) is 17.0 Å². The highest BCUT2D eigenvalue weighted by Gasteiger charge is 2.18. The highest BCUT2D eigenvalue weighted by Crippen LogP contribution is 2.26. The Morgan fingerprint density at radius 1 is 1.19 bits per heavy atom. The second kappa shape index (κ2) is 5.28. The molecular weight excluding hydrogens is 274 g/mol. The quantitative estimate of drug-likeness (QED) is 0.687. The molecule has 0 fully saturated rings. The van der Waals surface area contributed by atoms with Gasteiger partial charge in [-0.2, -0.15) is 0 Å². The molecule has 0 saturated heterocycles. The fourth-order valence-corrected chi connectivity index (χ4v) is 2.11. The van der Waals surface area contributed by atoms with Gasteiger partial charge >= 0.3 is 5.97 Å². The van der Waals surface area contributed by atoms with Crippen LogP contribution in [-0.4, -0.2) is 26.0 Å². The SMILES string of the molecule is Cc1ccc([N+](=O)[O-])cc1-c1nc(C)c(C(=O)O)c(C)n1. The molecule has 21 heavy (non-hydrogen) atoms. The lowest BCUT2D eigenvalue weighted by Crippen LogP contribution is -2.09. The van der Waals surface area contributed by atoms with Crippen LogP contribution < -0.4 is 0 Å². The zero-order valence-electron chi connectivity index (χ0n) is 11.7. The number of hydrogen-bond acceptors (Lipinski definition) is 5. The monoisotopic (exact) mass is 287 g/mol. The minimum absolute atomic E-state index is 0.0573. The summed E-state index contributed by atoms with van der Waals surface area (Å²) >= 11 is 0. The van der Waals surface area contributed by atoms with Crippen molar-refractivity contribution in [1.29, 1.82) is 0 Å². The minimum atomic E-state index is -1.09. The maximum Gasteiger partial charge on any atom is 0.339 e. The molecular formula is C14H13N3O4. The molecule has 1 N–H and O–H groups in total. The first-order chi connectivity index (χ1) is 9.81. The number of non-ortho nitro benzene ring substituents is 1. The number of aromatic carboxylic acids is 1. The number of nitrogens with zero attached hydrogens (tertiary/aromatic N) is 3. The summed E-state index contributed by atoms with van der Waals surface area (Å²) in [6.45, 7) is 4.95. The van der Waals surface area contributed by atoms with E-state index in [1.54, 1.807) is 26.8 Å². The number of carboxylic acid groups (broad SMARTS) is 1. The number of aryl methyl sites for hydroxylation is 3. The molecule has 0 unspecified atom stereocenters. The van der Waals surface area contributed by atoms with Crippen LogP contribution in [0.1, 0.15) is 27.3 Å². The smallest absolute Gasteiger partial charge is 0.339 e. The van der Waals surface area contributed by atoms with Crippen LogP contribution in [0.3, 0.4) is 0 Å². The highest BCUT2D eigenvalue weighted by molar-refractivity contribution is 5.90. The molecule has 0 saturated carbocycles. The fraction of sp³-hybridized carbons (Fsp3) is 0.214. The number of aromatic nitrogens is 2. The predicted octanol–water partition coefficient (Wildman–Crippen LogP) is 2.68. The molecule has 7 nitrogen and oxygen atoms in total. The molecule has 2 aromatic rings. The van der Waals surface area contributed by atoms with E-state index in [9.17, 15) is 14.9 Å². The van der Waals surface area contributed by atoms with Crippen LogP contribution in [0.2, 0.25) is 0 Å². The first kappa shape index (κ1) is 14.6. The van der Waals surface area contributed by atoms with Crippen molar-refractivity contribution in [2.45, 2.75) is 20.8 Å². The molecule has 2 rings (SSSR count). The summed E-state index contributed by atoms with van der Waals surface area (Å²) in [4.78, 5) is 29.8. The van der Waals surface area contributed by atoms with Gasteiger partial charge in [0.2, 0.25) is 0 Å². The topological polar surface area (TPSA) is 106 Å². The van der Waals surface area contributed by atoms with E-state index in [1.807, 2.05) is 0 Å². The number of nitro benzene ring substituents is 1. The third kappa shape index (κ3) is 2.71. The first-order valence-electron chi connectivity index (χ1n) is 6.15. The van der Waals surface area contributed by atoms with Crippen LogP contribution in [0.25, 0.3) is 11.4 Å². The summed E-state index contributed by atoms with van der Waals surface area (Å²) in [6.07, 6.45) is 0. The molecule has 0 aliphatic rings. The number of nitro groups is 1. The molecule has 1 aromatic carbocycles. The molecule has 0 radical (unpaired) electrons. The van der Waals surface area contributed by atoms with Crippen LogP contribution in [0, 0.1) is 30.9 Å².